The van der Waals surface area contributed by atoms with Crippen molar-refractivity contribution < 1.29 is 8.83 Å². The smallest absolute Gasteiger partial charge is 0.168 e. The van der Waals surface area contributed by atoms with Crippen LogP contribution in [0, 0.1) is 0 Å². The Morgan fingerprint density at radius 3 is 1.51 bits per heavy atom. The molecule has 0 atom stereocenters. The van der Waals surface area contributed by atoms with E-state index in [0.717, 1.165) is 105 Å². The normalized spacial score (nSPS) is 12.0. The molecule has 0 unspecified atom stereocenters. The van der Waals surface area contributed by atoms with Crippen LogP contribution in [-0.2, 0) is 0 Å². The first-order valence-corrected chi connectivity index (χ1v) is 26.9. The van der Waals surface area contributed by atoms with E-state index < -0.39 is 0 Å². The lowest BCUT2D eigenvalue weighted by Gasteiger charge is -2.10. The van der Waals surface area contributed by atoms with Gasteiger partial charge in [-0.1, -0.05) is 164 Å². The third-order valence-electron chi connectivity index (χ3n) is 15.7. The molecule has 0 bridgehead atoms. The van der Waals surface area contributed by atoms with Crippen LogP contribution in [0.25, 0.3) is 161 Å². The van der Waals surface area contributed by atoms with E-state index in [1.54, 1.807) is 6.08 Å². The summed E-state index contributed by atoms with van der Waals surface area (Å²) < 4.78 is 18.1. The molecule has 80 heavy (non-hydrogen) atoms. The van der Waals surface area contributed by atoms with Crippen molar-refractivity contribution in [2.75, 3.05) is 0 Å². The SMILES string of the molecule is C=C/C=C\c1oc2ccc(-c3ccc4c(c3)c3ccccc3n4-c3ccccc3)cc2c1-c1nc(-c2ccc3ccccc3c2)nc(-c2cccc3oc4ccc(-c5ccc6c(c5)c5ccccc5n6-c5ccccc5)cc4c23)n1. The van der Waals surface area contributed by atoms with Gasteiger partial charge >= 0.3 is 0 Å². The number of furan rings is 2. The van der Waals surface area contributed by atoms with Crippen LogP contribution in [0.3, 0.4) is 0 Å². The van der Waals surface area contributed by atoms with E-state index in [-0.39, 0.29) is 0 Å². The number of rotatable bonds is 9. The van der Waals surface area contributed by atoms with Gasteiger partial charge in [-0.3, -0.25) is 0 Å². The fraction of sp³-hybridized carbons (Fsp3) is 0. The summed E-state index contributed by atoms with van der Waals surface area (Å²) in [6, 6.07) is 85.7. The van der Waals surface area contributed by atoms with Crippen molar-refractivity contribution in [3.63, 3.8) is 0 Å². The van der Waals surface area contributed by atoms with E-state index in [0.29, 0.717) is 28.8 Å². The lowest BCUT2D eigenvalue weighted by molar-refractivity contribution is 0.605. The van der Waals surface area contributed by atoms with Crippen LogP contribution in [0.4, 0.5) is 0 Å². The minimum Gasteiger partial charge on any atom is -0.456 e. The highest BCUT2D eigenvalue weighted by Crippen LogP contribution is 2.43. The highest BCUT2D eigenvalue weighted by atomic mass is 16.3. The van der Waals surface area contributed by atoms with E-state index in [4.69, 9.17) is 23.8 Å². The molecule has 0 radical (unpaired) electrons. The average molecular weight is 1020 g/mol. The maximum atomic E-state index is 6.77. The van der Waals surface area contributed by atoms with Crippen molar-refractivity contribution in [2.45, 2.75) is 0 Å². The molecule has 0 saturated carbocycles. The summed E-state index contributed by atoms with van der Waals surface area (Å²) in [5, 5.41) is 9.73. The van der Waals surface area contributed by atoms with E-state index >= 15 is 0 Å². The molecule has 16 aromatic rings. The molecule has 7 heteroatoms. The summed E-state index contributed by atoms with van der Waals surface area (Å²) in [6.07, 6.45) is 5.58. The van der Waals surface area contributed by atoms with Gasteiger partial charge in [0.25, 0.3) is 0 Å². The molecule has 0 aliphatic carbocycles. The van der Waals surface area contributed by atoms with Crippen LogP contribution in [0.1, 0.15) is 5.76 Å². The number of allylic oxidation sites excluding steroid dienone is 2. The Kier molecular flexibility index (Phi) is 10.3. The second kappa shape index (κ2) is 18.1. The predicted octanol–water partition coefficient (Wildman–Crippen LogP) is 19.4. The fourth-order valence-electron chi connectivity index (χ4n) is 12.1. The van der Waals surface area contributed by atoms with Crippen molar-refractivity contribution in [3.05, 3.63) is 267 Å². The van der Waals surface area contributed by atoms with E-state index in [2.05, 4.69) is 246 Å². The van der Waals surface area contributed by atoms with Crippen LogP contribution in [0.2, 0.25) is 0 Å². The molecule has 0 amide bonds. The van der Waals surface area contributed by atoms with Gasteiger partial charge in [-0.05, 0) is 136 Å². The molecule has 0 aliphatic heterocycles. The molecule has 0 N–H and O–H groups in total. The predicted molar refractivity (Wildman–Crippen MR) is 329 cm³/mol. The first kappa shape index (κ1) is 45.3. The molecule has 0 spiro atoms. The number of fused-ring (bicyclic) bond motifs is 11. The number of hydrogen-bond acceptors (Lipinski definition) is 5. The zero-order chi connectivity index (χ0) is 52.8. The minimum atomic E-state index is 0.479. The molecule has 11 aromatic carbocycles. The molecule has 16 rings (SSSR count). The molecule has 0 fully saturated rings. The Balaban J connectivity index is 0.884. The van der Waals surface area contributed by atoms with E-state index in [1.165, 1.54) is 27.1 Å². The van der Waals surface area contributed by atoms with E-state index in [1.807, 2.05) is 24.3 Å². The highest BCUT2D eigenvalue weighted by molar-refractivity contribution is 6.15. The standard InChI is InChI=1S/C73H45N5O2/c1-2-3-28-68-70(60-44-50(35-39-66(60)80-68)48-33-37-64-58(42-48)55-24-13-15-27-62(55)78(64)53-21-8-5-9-22-53)73-75-71(51-31-30-45-17-10-11-18-46(45)40-51)74-72(76-73)56-25-16-29-67-69(56)59-43-49(34-38-65(59)79-67)47-32-36-63-57(41-47)54-23-12-14-26-61(54)77(63)52-19-6-4-7-20-52/h2-44H,1H2/b28-3-. The van der Waals surface area contributed by atoms with Crippen LogP contribution in [-0.4, -0.2) is 24.1 Å². The Morgan fingerprint density at radius 2 is 0.863 bits per heavy atom. The topological polar surface area (TPSA) is 74.8 Å². The summed E-state index contributed by atoms with van der Waals surface area (Å²) in [4.78, 5) is 16.2. The zero-order valence-electron chi connectivity index (χ0n) is 43.1. The number of benzene rings is 11. The van der Waals surface area contributed by atoms with Crippen molar-refractivity contribution in [1.29, 1.82) is 0 Å². The third kappa shape index (κ3) is 7.25. The third-order valence-corrected chi connectivity index (χ3v) is 15.7. The average Bonchev–Trinajstić information content (AvgIpc) is 4.36. The van der Waals surface area contributed by atoms with Gasteiger partial charge in [0.15, 0.2) is 17.5 Å². The van der Waals surface area contributed by atoms with Gasteiger partial charge in [0.05, 0.1) is 27.6 Å². The first-order valence-electron chi connectivity index (χ1n) is 26.9. The summed E-state index contributed by atoms with van der Waals surface area (Å²) in [5.74, 6) is 2.14. The second-order valence-electron chi connectivity index (χ2n) is 20.3. The van der Waals surface area contributed by atoms with Gasteiger partial charge in [0, 0.05) is 60.2 Å². The molecule has 5 heterocycles. The van der Waals surface area contributed by atoms with Gasteiger partial charge < -0.3 is 18.0 Å². The lowest BCUT2D eigenvalue weighted by atomic mass is 9.99. The summed E-state index contributed by atoms with van der Waals surface area (Å²) in [6.45, 7) is 4.02. The quantitative estimate of drug-likeness (QED) is 0.135. The van der Waals surface area contributed by atoms with E-state index in [9.17, 15) is 0 Å². The maximum Gasteiger partial charge on any atom is 0.168 e. The van der Waals surface area contributed by atoms with Gasteiger partial charge in [0.1, 0.15) is 22.5 Å². The molecule has 374 valence electrons. The van der Waals surface area contributed by atoms with Crippen molar-refractivity contribution >= 4 is 93.4 Å². The van der Waals surface area contributed by atoms with Crippen LogP contribution in [0.15, 0.2) is 270 Å². The summed E-state index contributed by atoms with van der Waals surface area (Å²) >= 11 is 0. The van der Waals surface area contributed by atoms with Crippen LogP contribution >= 0.6 is 0 Å². The largest absolute Gasteiger partial charge is 0.456 e. The molecular weight excluding hydrogens is 979 g/mol. The van der Waals surface area contributed by atoms with Gasteiger partial charge in [0.2, 0.25) is 0 Å². The number of hydrogen-bond donors (Lipinski definition) is 0. The highest BCUT2D eigenvalue weighted by Gasteiger charge is 2.24. The zero-order valence-corrected chi connectivity index (χ0v) is 43.1. The maximum absolute atomic E-state index is 6.77. The van der Waals surface area contributed by atoms with Crippen LogP contribution < -0.4 is 0 Å². The van der Waals surface area contributed by atoms with Gasteiger partial charge in [-0.2, -0.15) is 0 Å². The molecule has 0 aliphatic rings. The minimum absolute atomic E-state index is 0.479. The number of nitrogens with zero attached hydrogens (tertiary/aromatic N) is 5. The molecule has 7 nitrogen and oxygen atoms in total. The summed E-state index contributed by atoms with van der Waals surface area (Å²) in [7, 11) is 0. The van der Waals surface area contributed by atoms with Crippen molar-refractivity contribution in [3.8, 4) is 67.8 Å². The first-order chi connectivity index (χ1) is 39.6. The summed E-state index contributed by atoms with van der Waals surface area (Å²) in [5.41, 5.74) is 15.8. The lowest BCUT2D eigenvalue weighted by Crippen LogP contribution is -2.01. The Morgan fingerprint density at radius 1 is 0.350 bits per heavy atom. The molecular formula is C73H45N5O2. The fourth-order valence-corrected chi connectivity index (χ4v) is 12.1. The molecule has 5 aromatic heterocycles. The number of para-hydroxylation sites is 4. The Labute approximate surface area is 458 Å². The van der Waals surface area contributed by atoms with Crippen molar-refractivity contribution in [1.82, 2.24) is 24.1 Å². The Hall–Kier alpha value is -10.9. The van der Waals surface area contributed by atoms with Crippen LogP contribution in [0.5, 0.6) is 0 Å². The van der Waals surface area contributed by atoms with Crippen molar-refractivity contribution in [2.24, 2.45) is 0 Å². The second-order valence-corrected chi connectivity index (χ2v) is 20.3. The Bertz CT molecular complexity index is 5210. The number of aromatic nitrogens is 5. The van der Waals surface area contributed by atoms with Gasteiger partial charge in [-0.25, -0.2) is 15.0 Å². The monoisotopic (exact) mass is 1020 g/mol. The molecule has 0 saturated heterocycles. The van der Waals surface area contributed by atoms with Gasteiger partial charge in [-0.15, -0.1) is 0 Å².